The molecular formula is C16H13ClFN3O. The molecule has 0 fully saturated rings. The van der Waals surface area contributed by atoms with Gasteiger partial charge in [0.15, 0.2) is 0 Å². The first-order chi connectivity index (χ1) is 10.6. The highest BCUT2D eigenvalue weighted by Gasteiger charge is 2.16. The molecule has 0 radical (unpaired) electrons. The number of benzene rings is 1. The predicted molar refractivity (Wildman–Crippen MR) is 82.5 cm³/mol. The second-order valence-corrected chi connectivity index (χ2v) is 5.33. The van der Waals surface area contributed by atoms with Crippen LogP contribution < -0.4 is 5.32 Å². The number of hydrogen-bond acceptors (Lipinski definition) is 2. The van der Waals surface area contributed by atoms with Crippen LogP contribution in [-0.2, 0) is 6.54 Å². The average Bonchev–Trinajstić information content (AvgIpc) is 2.81. The lowest BCUT2D eigenvalue weighted by Crippen LogP contribution is -2.25. The molecule has 0 bridgehead atoms. The summed E-state index contributed by atoms with van der Waals surface area (Å²) < 4.78 is 15.2. The van der Waals surface area contributed by atoms with Crippen molar-refractivity contribution in [1.82, 2.24) is 14.7 Å². The first-order valence-electron chi connectivity index (χ1n) is 6.72. The fourth-order valence-electron chi connectivity index (χ4n) is 2.31. The van der Waals surface area contributed by atoms with Gasteiger partial charge in [-0.2, -0.15) is 0 Å². The zero-order valence-corrected chi connectivity index (χ0v) is 12.6. The lowest BCUT2D eigenvalue weighted by atomic mass is 10.2. The summed E-state index contributed by atoms with van der Waals surface area (Å²) in [4.78, 5) is 16.7. The maximum atomic E-state index is 13.6. The topological polar surface area (TPSA) is 46.4 Å². The molecule has 2 heterocycles. The Morgan fingerprint density at radius 2 is 2.09 bits per heavy atom. The van der Waals surface area contributed by atoms with E-state index in [0.717, 1.165) is 0 Å². The van der Waals surface area contributed by atoms with Crippen LogP contribution in [-0.4, -0.2) is 15.3 Å². The molecule has 0 saturated heterocycles. The molecule has 1 N–H and O–H groups in total. The van der Waals surface area contributed by atoms with Crippen LogP contribution in [0.15, 0.2) is 42.6 Å². The second-order valence-electron chi connectivity index (χ2n) is 4.90. The molecule has 2 aromatic heterocycles. The SMILES string of the molecule is Cc1nc2ccc(Cl)cn2c1C(=O)NCc1ccccc1F. The van der Waals surface area contributed by atoms with Crippen LogP contribution in [0.5, 0.6) is 0 Å². The number of hydrogen-bond donors (Lipinski definition) is 1. The number of halogens is 2. The number of aryl methyl sites for hydroxylation is 1. The number of imidazole rings is 1. The molecule has 0 unspecified atom stereocenters. The Hall–Kier alpha value is -2.40. The number of amides is 1. The van der Waals surface area contributed by atoms with Crippen molar-refractivity contribution in [3.8, 4) is 0 Å². The molecule has 112 valence electrons. The minimum atomic E-state index is -0.347. The van der Waals surface area contributed by atoms with Crippen molar-refractivity contribution in [2.45, 2.75) is 13.5 Å². The van der Waals surface area contributed by atoms with E-state index in [1.807, 2.05) is 0 Å². The smallest absolute Gasteiger partial charge is 0.270 e. The zero-order valence-electron chi connectivity index (χ0n) is 11.8. The van der Waals surface area contributed by atoms with E-state index in [0.29, 0.717) is 27.6 Å². The van der Waals surface area contributed by atoms with Crippen molar-refractivity contribution in [3.63, 3.8) is 0 Å². The fourth-order valence-corrected chi connectivity index (χ4v) is 2.47. The number of pyridine rings is 1. The third-order valence-electron chi connectivity index (χ3n) is 3.37. The molecule has 0 aliphatic rings. The van der Waals surface area contributed by atoms with Crippen LogP contribution in [0.3, 0.4) is 0 Å². The Labute approximate surface area is 131 Å². The number of nitrogens with one attached hydrogen (secondary N) is 1. The van der Waals surface area contributed by atoms with Gasteiger partial charge in [0.2, 0.25) is 0 Å². The molecule has 0 spiro atoms. The van der Waals surface area contributed by atoms with Gasteiger partial charge in [0.1, 0.15) is 17.2 Å². The van der Waals surface area contributed by atoms with Gasteiger partial charge in [-0.3, -0.25) is 9.20 Å². The third-order valence-corrected chi connectivity index (χ3v) is 3.59. The molecular weight excluding hydrogens is 305 g/mol. The normalized spacial score (nSPS) is 10.9. The van der Waals surface area contributed by atoms with E-state index >= 15 is 0 Å². The van der Waals surface area contributed by atoms with E-state index in [1.165, 1.54) is 6.07 Å². The third kappa shape index (κ3) is 2.67. The quantitative estimate of drug-likeness (QED) is 0.805. The summed E-state index contributed by atoms with van der Waals surface area (Å²) in [5.41, 5.74) is 2.06. The summed E-state index contributed by atoms with van der Waals surface area (Å²) in [6.45, 7) is 1.86. The number of fused-ring (bicyclic) bond motifs is 1. The summed E-state index contributed by atoms with van der Waals surface area (Å²) in [7, 11) is 0. The number of nitrogens with zero attached hydrogens (tertiary/aromatic N) is 2. The maximum absolute atomic E-state index is 13.6. The van der Waals surface area contributed by atoms with Gasteiger partial charge in [0.05, 0.1) is 10.7 Å². The molecule has 0 atom stereocenters. The molecule has 0 saturated carbocycles. The van der Waals surface area contributed by atoms with E-state index in [2.05, 4.69) is 10.3 Å². The monoisotopic (exact) mass is 317 g/mol. The number of rotatable bonds is 3. The van der Waals surface area contributed by atoms with Crippen molar-refractivity contribution in [3.05, 3.63) is 70.4 Å². The molecule has 4 nitrogen and oxygen atoms in total. The molecule has 0 aliphatic heterocycles. The highest BCUT2D eigenvalue weighted by atomic mass is 35.5. The summed E-state index contributed by atoms with van der Waals surface area (Å²) >= 11 is 5.97. The Morgan fingerprint density at radius 1 is 1.32 bits per heavy atom. The van der Waals surface area contributed by atoms with Gasteiger partial charge >= 0.3 is 0 Å². The average molecular weight is 318 g/mol. The molecule has 3 aromatic rings. The molecule has 3 rings (SSSR count). The second kappa shape index (κ2) is 5.77. The molecule has 1 aromatic carbocycles. The Balaban J connectivity index is 1.88. The van der Waals surface area contributed by atoms with Gasteiger partial charge < -0.3 is 5.32 Å². The number of carbonyl (C=O) groups is 1. The minimum absolute atomic E-state index is 0.110. The largest absolute Gasteiger partial charge is 0.347 e. The fraction of sp³-hybridized carbons (Fsp3) is 0.125. The van der Waals surface area contributed by atoms with Gasteiger partial charge in [-0.1, -0.05) is 29.8 Å². The highest BCUT2D eigenvalue weighted by Crippen LogP contribution is 2.16. The summed E-state index contributed by atoms with van der Waals surface area (Å²) in [6.07, 6.45) is 1.63. The van der Waals surface area contributed by atoms with Crippen molar-refractivity contribution < 1.29 is 9.18 Å². The number of carbonyl (C=O) groups excluding carboxylic acids is 1. The van der Waals surface area contributed by atoms with E-state index in [1.54, 1.807) is 47.9 Å². The lowest BCUT2D eigenvalue weighted by molar-refractivity contribution is 0.0944. The maximum Gasteiger partial charge on any atom is 0.270 e. The standard InChI is InChI=1S/C16H13ClFN3O/c1-10-15(21-9-12(17)6-7-14(21)20-10)16(22)19-8-11-4-2-3-5-13(11)18/h2-7,9H,8H2,1H3,(H,19,22). The first-order valence-corrected chi connectivity index (χ1v) is 7.10. The van der Waals surface area contributed by atoms with Crippen molar-refractivity contribution in [2.75, 3.05) is 0 Å². The summed E-state index contributed by atoms with van der Waals surface area (Å²) in [6, 6.07) is 9.78. The van der Waals surface area contributed by atoms with Crippen molar-refractivity contribution in [2.24, 2.45) is 0 Å². The Bertz CT molecular complexity index is 860. The zero-order chi connectivity index (χ0) is 15.7. The van der Waals surface area contributed by atoms with Crippen molar-refractivity contribution >= 4 is 23.2 Å². The van der Waals surface area contributed by atoms with Gasteiger partial charge in [-0.05, 0) is 25.1 Å². The molecule has 0 aliphatic carbocycles. The van der Waals surface area contributed by atoms with Gasteiger partial charge in [0, 0.05) is 18.3 Å². The molecule has 22 heavy (non-hydrogen) atoms. The van der Waals surface area contributed by atoms with Crippen LogP contribution >= 0.6 is 11.6 Å². The summed E-state index contributed by atoms with van der Waals surface area (Å²) in [5, 5.41) is 3.22. The minimum Gasteiger partial charge on any atom is -0.347 e. The van der Waals surface area contributed by atoms with Crippen molar-refractivity contribution in [1.29, 1.82) is 0 Å². The van der Waals surface area contributed by atoms with Crippen LogP contribution in [0.2, 0.25) is 5.02 Å². The van der Waals surface area contributed by atoms with Gasteiger partial charge in [0.25, 0.3) is 5.91 Å². The Morgan fingerprint density at radius 3 is 2.86 bits per heavy atom. The molecule has 1 amide bonds. The molecule has 6 heteroatoms. The van der Waals surface area contributed by atoms with Crippen LogP contribution in [0.1, 0.15) is 21.7 Å². The van der Waals surface area contributed by atoms with Gasteiger partial charge in [-0.25, -0.2) is 9.37 Å². The first kappa shape index (κ1) is 14.5. The van der Waals surface area contributed by atoms with E-state index in [4.69, 9.17) is 11.6 Å². The lowest BCUT2D eigenvalue weighted by Gasteiger charge is -2.07. The van der Waals surface area contributed by atoms with E-state index in [-0.39, 0.29) is 18.3 Å². The number of aromatic nitrogens is 2. The van der Waals surface area contributed by atoms with Crippen LogP contribution in [0, 0.1) is 12.7 Å². The van der Waals surface area contributed by atoms with E-state index < -0.39 is 0 Å². The van der Waals surface area contributed by atoms with E-state index in [9.17, 15) is 9.18 Å². The van der Waals surface area contributed by atoms with Gasteiger partial charge in [-0.15, -0.1) is 0 Å². The highest BCUT2D eigenvalue weighted by molar-refractivity contribution is 6.30. The predicted octanol–water partition coefficient (Wildman–Crippen LogP) is 3.37. The summed E-state index contributed by atoms with van der Waals surface area (Å²) in [5.74, 6) is -0.670. The van der Waals surface area contributed by atoms with Crippen LogP contribution in [0.25, 0.3) is 5.65 Å². The Kier molecular flexibility index (Phi) is 3.81. The van der Waals surface area contributed by atoms with Crippen LogP contribution in [0.4, 0.5) is 4.39 Å².